The van der Waals surface area contributed by atoms with Gasteiger partial charge in [0.1, 0.15) is 5.82 Å². The quantitative estimate of drug-likeness (QED) is 0.495. The van der Waals surface area contributed by atoms with Crippen molar-refractivity contribution >= 4 is 28.0 Å². The summed E-state index contributed by atoms with van der Waals surface area (Å²) >= 11 is 0. The van der Waals surface area contributed by atoms with Crippen molar-refractivity contribution in [1.29, 1.82) is 0 Å². The van der Waals surface area contributed by atoms with Crippen molar-refractivity contribution in [2.45, 2.75) is 6.92 Å². The SMILES string of the molecule is CC(=Nc1ccc(F)cc1)c1c(O)[nH]c2ccc(N)cc12. The second-order valence-corrected chi connectivity index (χ2v) is 4.83. The van der Waals surface area contributed by atoms with Gasteiger partial charge in [-0.05, 0) is 49.4 Å². The predicted molar refractivity (Wildman–Crippen MR) is 82.6 cm³/mol. The highest BCUT2D eigenvalue weighted by Crippen LogP contribution is 2.30. The van der Waals surface area contributed by atoms with Crippen molar-refractivity contribution in [3.05, 3.63) is 53.8 Å². The molecule has 4 nitrogen and oxygen atoms in total. The predicted octanol–water partition coefficient (Wildman–Crippen LogP) is 3.74. The van der Waals surface area contributed by atoms with Crippen LogP contribution in [0.3, 0.4) is 0 Å². The van der Waals surface area contributed by atoms with Crippen LogP contribution in [-0.2, 0) is 0 Å². The van der Waals surface area contributed by atoms with E-state index in [1.165, 1.54) is 12.1 Å². The summed E-state index contributed by atoms with van der Waals surface area (Å²) in [6.45, 7) is 1.79. The number of halogens is 1. The number of aromatic amines is 1. The highest BCUT2D eigenvalue weighted by Gasteiger charge is 2.13. The van der Waals surface area contributed by atoms with Crippen LogP contribution in [0.25, 0.3) is 10.9 Å². The van der Waals surface area contributed by atoms with E-state index in [0.717, 1.165) is 10.9 Å². The molecule has 1 heterocycles. The molecule has 0 amide bonds. The third kappa shape index (κ3) is 2.45. The summed E-state index contributed by atoms with van der Waals surface area (Å²) in [7, 11) is 0. The standard InChI is InChI=1S/C16H14FN3O/c1-9(19-12-5-2-10(17)3-6-12)15-13-8-11(18)4-7-14(13)20-16(15)21/h2-8,20-21H,18H2,1H3. The average molecular weight is 283 g/mol. The number of aromatic hydroxyl groups is 1. The number of nitrogens with zero attached hydrogens (tertiary/aromatic N) is 1. The summed E-state index contributed by atoms with van der Waals surface area (Å²) in [5, 5.41) is 10.9. The molecular formula is C16H14FN3O. The Kier molecular flexibility index (Phi) is 3.10. The van der Waals surface area contributed by atoms with Crippen LogP contribution in [0.1, 0.15) is 12.5 Å². The fourth-order valence-electron chi connectivity index (χ4n) is 2.33. The first kappa shape index (κ1) is 13.2. The van der Waals surface area contributed by atoms with Crippen LogP contribution in [0.4, 0.5) is 15.8 Å². The first-order chi connectivity index (χ1) is 10.0. The number of benzene rings is 2. The Morgan fingerprint density at radius 3 is 2.62 bits per heavy atom. The topological polar surface area (TPSA) is 74.4 Å². The van der Waals surface area contributed by atoms with Gasteiger partial charge in [-0.3, -0.25) is 4.99 Å². The molecule has 0 saturated carbocycles. The molecule has 1 aromatic heterocycles. The lowest BCUT2D eigenvalue weighted by atomic mass is 10.1. The maximum Gasteiger partial charge on any atom is 0.198 e. The third-order valence-electron chi connectivity index (χ3n) is 3.29. The number of anilines is 1. The molecule has 5 heteroatoms. The molecule has 4 N–H and O–H groups in total. The molecule has 0 atom stereocenters. The highest BCUT2D eigenvalue weighted by molar-refractivity contribution is 6.13. The normalized spacial score (nSPS) is 12.0. The third-order valence-corrected chi connectivity index (χ3v) is 3.29. The molecule has 0 fully saturated rings. The lowest BCUT2D eigenvalue weighted by molar-refractivity contribution is 0.457. The monoisotopic (exact) mass is 283 g/mol. The van der Waals surface area contributed by atoms with Gasteiger partial charge in [-0.1, -0.05) is 0 Å². The number of fused-ring (bicyclic) bond motifs is 1. The van der Waals surface area contributed by atoms with Crippen LogP contribution in [0.5, 0.6) is 5.88 Å². The van der Waals surface area contributed by atoms with Crippen LogP contribution < -0.4 is 5.73 Å². The summed E-state index contributed by atoms with van der Waals surface area (Å²) in [5.41, 5.74) is 9.02. The minimum Gasteiger partial charge on any atom is -0.494 e. The summed E-state index contributed by atoms with van der Waals surface area (Å²) in [6, 6.07) is 11.2. The molecule has 0 radical (unpaired) electrons. The molecule has 3 rings (SSSR count). The smallest absolute Gasteiger partial charge is 0.198 e. The highest BCUT2D eigenvalue weighted by atomic mass is 19.1. The largest absolute Gasteiger partial charge is 0.494 e. The van der Waals surface area contributed by atoms with Gasteiger partial charge in [0.2, 0.25) is 0 Å². The minimum atomic E-state index is -0.311. The van der Waals surface area contributed by atoms with Crippen molar-refractivity contribution in [2.75, 3.05) is 5.73 Å². The lowest BCUT2D eigenvalue weighted by Crippen LogP contribution is -1.94. The van der Waals surface area contributed by atoms with E-state index in [0.29, 0.717) is 22.6 Å². The zero-order valence-corrected chi connectivity index (χ0v) is 11.4. The van der Waals surface area contributed by atoms with Gasteiger partial charge in [0.15, 0.2) is 5.88 Å². The van der Waals surface area contributed by atoms with Gasteiger partial charge in [-0.25, -0.2) is 4.39 Å². The maximum atomic E-state index is 12.9. The maximum absolute atomic E-state index is 12.9. The fourth-order valence-corrected chi connectivity index (χ4v) is 2.33. The first-order valence-corrected chi connectivity index (χ1v) is 6.46. The molecule has 0 bridgehead atoms. The van der Waals surface area contributed by atoms with Crippen LogP contribution in [0, 0.1) is 5.82 Å². The molecule has 0 aliphatic rings. The summed E-state index contributed by atoms with van der Waals surface area (Å²) < 4.78 is 12.9. The summed E-state index contributed by atoms with van der Waals surface area (Å²) in [5.74, 6) is -0.270. The van der Waals surface area contributed by atoms with Crippen molar-refractivity contribution in [2.24, 2.45) is 4.99 Å². The van der Waals surface area contributed by atoms with Crippen LogP contribution in [0.15, 0.2) is 47.5 Å². The number of hydrogen-bond acceptors (Lipinski definition) is 3. The zero-order chi connectivity index (χ0) is 15.0. The average Bonchev–Trinajstić information content (AvgIpc) is 2.76. The molecule has 0 aliphatic heterocycles. The lowest BCUT2D eigenvalue weighted by Gasteiger charge is -2.02. The van der Waals surface area contributed by atoms with Crippen LogP contribution in [0.2, 0.25) is 0 Å². The number of H-pyrrole nitrogens is 1. The number of aliphatic imine (C=N–C) groups is 1. The van der Waals surface area contributed by atoms with E-state index in [9.17, 15) is 9.50 Å². The summed E-state index contributed by atoms with van der Waals surface area (Å²) in [4.78, 5) is 7.30. The van der Waals surface area contributed by atoms with Gasteiger partial charge in [0, 0.05) is 16.6 Å². The number of hydrogen-bond donors (Lipinski definition) is 3. The molecule has 21 heavy (non-hydrogen) atoms. The van der Waals surface area contributed by atoms with Crippen molar-refractivity contribution in [1.82, 2.24) is 4.98 Å². The summed E-state index contributed by atoms with van der Waals surface area (Å²) in [6.07, 6.45) is 0. The van der Waals surface area contributed by atoms with Crippen molar-refractivity contribution in [3.8, 4) is 5.88 Å². The van der Waals surface area contributed by atoms with E-state index in [1.807, 2.05) is 0 Å². The van der Waals surface area contributed by atoms with E-state index < -0.39 is 0 Å². The molecular weight excluding hydrogens is 269 g/mol. The van der Waals surface area contributed by atoms with Gasteiger partial charge in [0.05, 0.1) is 17.0 Å². The van der Waals surface area contributed by atoms with Gasteiger partial charge in [-0.2, -0.15) is 0 Å². The number of nitrogens with two attached hydrogens (primary N) is 1. The Bertz CT molecular complexity index is 835. The van der Waals surface area contributed by atoms with Gasteiger partial charge < -0.3 is 15.8 Å². The van der Waals surface area contributed by atoms with Crippen molar-refractivity contribution < 1.29 is 9.50 Å². The van der Waals surface area contributed by atoms with Gasteiger partial charge in [-0.15, -0.1) is 0 Å². The first-order valence-electron chi connectivity index (χ1n) is 6.46. The van der Waals surface area contributed by atoms with Gasteiger partial charge >= 0.3 is 0 Å². The molecule has 0 spiro atoms. The van der Waals surface area contributed by atoms with E-state index in [2.05, 4.69) is 9.98 Å². The molecule has 0 saturated heterocycles. The van der Waals surface area contributed by atoms with Crippen molar-refractivity contribution in [3.63, 3.8) is 0 Å². The number of rotatable bonds is 2. The molecule has 0 unspecified atom stereocenters. The van der Waals surface area contributed by atoms with E-state index in [-0.39, 0.29) is 11.7 Å². The Morgan fingerprint density at radius 2 is 1.90 bits per heavy atom. The fraction of sp³-hybridized carbons (Fsp3) is 0.0625. The van der Waals surface area contributed by atoms with E-state index >= 15 is 0 Å². The van der Waals surface area contributed by atoms with Crippen LogP contribution in [-0.4, -0.2) is 15.8 Å². The number of nitrogens with one attached hydrogen (secondary N) is 1. The second kappa shape index (κ2) is 4.94. The van der Waals surface area contributed by atoms with E-state index in [1.54, 1.807) is 37.3 Å². The number of aromatic nitrogens is 1. The molecule has 3 aromatic rings. The Hall–Kier alpha value is -2.82. The Morgan fingerprint density at radius 1 is 1.19 bits per heavy atom. The minimum absolute atomic E-state index is 0.0407. The second-order valence-electron chi connectivity index (χ2n) is 4.83. The number of nitrogen functional groups attached to an aromatic ring is 1. The molecule has 106 valence electrons. The Labute approximate surface area is 120 Å². The van der Waals surface area contributed by atoms with Gasteiger partial charge in [0.25, 0.3) is 0 Å². The van der Waals surface area contributed by atoms with E-state index in [4.69, 9.17) is 5.73 Å². The Balaban J connectivity index is 2.12. The van der Waals surface area contributed by atoms with Crippen LogP contribution >= 0.6 is 0 Å². The zero-order valence-electron chi connectivity index (χ0n) is 11.4. The molecule has 2 aromatic carbocycles. The molecule has 0 aliphatic carbocycles.